The molecule has 3 nitrogen and oxygen atoms in total. The molecular weight excluding hydrogens is 346 g/mol. The summed E-state index contributed by atoms with van der Waals surface area (Å²) in [5, 5.41) is 8.56. The molecule has 1 N–H and O–H groups in total. The number of carboxylic acid groups (broad SMARTS) is 1. The zero-order chi connectivity index (χ0) is 15.4. The van der Waals surface area contributed by atoms with Crippen molar-refractivity contribution in [3.05, 3.63) is 64.1 Å². The molecule has 0 aliphatic carbocycles. The maximum atomic E-state index is 13.5. The second-order valence-corrected chi connectivity index (χ2v) is 4.92. The molecule has 0 heterocycles. The predicted octanol–water partition coefficient (Wildman–Crippen LogP) is 4.62. The third kappa shape index (κ3) is 4.39. The van der Waals surface area contributed by atoms with E-state index in [1.54, 1.807) is 0 Å². The molecule has 0 radical (unpaired) electrons. The first-order chi connectivity index (χ1) is 9.94. The van der Waals surface area contributed by atoms with Gasteiger partial charge < -0.3 is 9.84 Å². The van der Waals surface area contributed by atoms with Gasteiger partial charge in [-0.15, -0.1) is 0 Å². The highest BCUT2D eigenvalue weighted by molar-refractivity contribution is 9.10. The average molecular weight is 355 g/mol. The van der Waals surface area contributed by atoms with E-state index in [1.165, 1.54) is 36.4 Å². The van der Waals surface area contributed by atoms with Crippen LogP contribution in [0.5, 0.6) is 11.5 Å². The Kier molecular flexibility index (Phi) is 4.70. The second kappa shape index (κ2) is 6.49. The first-order valence-electron chi connectivity index (χ1n) is 5.78. The summed E-state index contributed by atoms with van der Waals surface area (Å²) in [6.07, 6.45) is 2.14. The van der Waals surface area contributed by atoms with Crippen molar-refractivity contribution in [1.29, 1.82) is 0 Å². The van der Waals surface area contributed by atoms with Crippen LogP contribution in [0.4, 0.5) is 8.78 Å². The van der Waals surface area contributed by atoms with Crippen molar-refractivity contribution >= 4 is 28.0 Å². The van der Waals surface area contributed by atoms with Gasteiger partial charge in [0.2, 0.25) is 0 Å². The van der Waals surface area contributed by atoms with E-state index < -0.39 is 17.6 Å². The minimum absolute atomic E-state index is 0.173. The Hall–Kier alpha value is -2.21. The molecule has 0 amide bonds. The number of hydrogen-bond acceptors (Lipinski definition) is 2. The van der Waals surface area contributed by atoms with Crippen molar-refractivity contribution in [2.75, 3.05) is 0 Å². The van der Waals surface area contributed by atoms with Crippen LogP contribution >= 0.6 is 15.9 Å². The van der Waals surface area contributed by atoms with Gasteiger partial charge in [-0.2, -0.15) is 0 Å². The largest absolute Gasteiger partial charge is 0.478 e. The van der Waals surface area contributed by atoms with Crippen LogP contribution in [0.15, 0.2) is 46.9 Å². The molecular formula is C15H9BrF2O3. The summed E-state index contributed by atoms with van der Waals surface area (Å²) >= 11 is 3.14. The SMILES string of the molecule is O=C(O)/C=C/c1cc(F)cc(Oc2ccc(F)cc2Br)c1. The van der Waals surface area contributed by atoms with Gasteiger partial charge in [0.15, 0.2) is 0 Å². The van der Waals surface area contributed by atoms with E-state index in [2.05, 4.69) is 15.9 Å². The Morgan fingerprint density at radius 2 is 1.90 bits per heavy atom. The fourth-order valence-electron chi connectivity index (χ4n) is 1.59. The number of aliphatic carboxylic acids is 1. The third-order valence-electron chi connectivity index (χ3n) is 2.43. The lowest BCUT2D eigenvalue weighted by Crippen LogP contribution is -1.90. The number of ether oxygens (including phenoxy) is 1. The molecule has 0 saturated carbocycles. The molecule has 2 rings (SSSR count). The van der Waals surface area contributed by atoms with Crippen LogP contribution in [-0.4, -0.2) is 11.1 Å². The lowest BCUT2D eigenvalue weighted by atomic mass is 10.2. The highest BCUT2D eigenvalue weighted by atomic mass is 79.9. The fraction of sp³-hybridized carbons (Fsp3) is 0. The summed E-state index contributed by atoms with van der Waals surface area (Å²) in [4.78, 5) is 10.5. The molecule has 0 spiro atoms. The van der Waals surface area contributed by atoms with Gasteiger partial charge in [-0.1, -0.05) is 0 Å². The molecule has 21 heavy (non-hydrogen) atoms. The Labute approximate surface area is 127 Å². The van der Waals surface area contributed by atoms with Crippen LogP contribution in [0, 0.1) is 11.6 Å². The molecule has 0 atom stereocenters. The first kappa shape index (κ1) is 15.2. The van der Waals surface area contributed by atoms with Crippen molar-refractivity contribution < 1.29 is 23.4 Å². The van der Waals surface area contributed by atoms with Crippen LogP contribution in [0.3, 0.4) is 0 Å². The quantitative estimate of drug-likeness (QED) is 0.815. The number of halogens is 3. The lowest BCUT2D eigenvalue weighted by Gasteiger charge is -2.08. The van der Waals surface area contributed by atoms with Crippen LogP contribution in [0.2, 0.25) is 0 Å². The molecule has 0 saturated heterocycles. The highest BCUT2D eigenvalue weighted by Crippen LogP contribution is 2.31. The van der Waals surface area contributed by atoms with E-state index in [0.29, 0.717) is 15.8 Å². The molecule has 0 unspecified atom stereocenters. The summed E-state index contributed by atoms with van der Waals surface area (Å²) in [7, 11) is 0. The predicted molar refractivity (Wildman–Crippen MR) is 77.2 cm³/mol. The van der Waals surface area contributed by atoms with Crippen molar-refractivity contribution in [3.63, 3.8) is 0 Å². The Morgan fingerprint density at radius 3 is 2.57 bits per heavy atom. The molecule has 6 heteroatoms. The minimum Gasteiger partial charge on any atom is -0.478 e. The van der Waals surface area contributed by atoms with Gasteiger partial charge in [0.05, 0.1) is 4.47 Å². The van der Waals surface area contributed by atoms with Crippen molar-refractivity contribution in [2.45, 2.75) is 0 Å². The smallest absolute Gasteiger partial charge is 0.328 e. The minimum atomic E-state index is -1.14. The number of carbonyl (C=O) groups is 1. The van der Waals surface area contributed by atoms with E-state index >= 15 is 0 Å². The van der Waals surface area contributed by atoms with E-state index in [0.717, 1.165) is 12.1 Å². The fourth-order valence-corrected chi connectivity index (χ4v) is 2.02. The van der Waals surface area contributed by atoms with E-state index in [1.807, 2.05) is 0 Å². The molecule has 0 aliphatic heterocycles. The highest BCUT2D eigenvalue weighted by Gasteiger charge is 2.06. The van der Waals surface area contributed by atoms with Gasteiger partial charge >= 0.3 is 5.97 Å². The average Bonchev–Trinajstić information content (AvgIpc) is 2.39. The maximum Gasteiger partial charge on any atom is 0.328 e. The van der Waals surface area contributed by atoms with Crippen LogP contribution in [0.1, 0.15) is 5.56 Å². The Morgan fingerprint density at radius 1 is 1.14 bits per heavy atom. The van der Waals surface area contributed by atoms with Gasteiger partial charge in [-0.3, -0.25) is 0 Å². The van der Waals surface area contributed by atoms with Gasteiger partial charge in [-0.05, 0) is 57.9 Å². The van der Waals surface area contributed by atoms with Crippen molar-refractivity contribution in [2.24, 2.45) is 0 Å². The standard InChI is InChI=1S/C15H9BrF2O3/c16-13-8-10(17)2-3-14(13)21-12-6-9(1-4-15(19)20)5-11(18)7-12/h1-8H,(H,19,20)/b4-1+. The zero-order valence-electron chi connectivity index (χ0n) is 10.5. The van der Waals surface area contributed by atoms with Crippen molar-refractivity contribution in [3.8, 4) is 11.5 Å². The van der Waals surface area contributed by atoms with Crippen molar-refractivity contribution in [1.82, 2.24) is 0 Å². The maximum absolute atomic E-state index is 13.5. The topological polar surface area (TPSA) is 46.5 Å². The molecule has 0 aliphatic rings. The zero-order valence-corrected chi connectivity index (χ0v) is 12.1. The van der Waals surface area contributed by atoms with E-state index in [-0.39, 0.29) is 5.75 Å². The first-order valence-corrected chi connectivity index (χ1v) is 6.58. The van der Waals surface area contributed by atoms with Gasteiger partial charge in [0, 0.05) is 12.1 Å². The number of rotatable bonds is 4. The number of hydrogen-bond donors (Lipinski definition) is 1. The second-order valence-electron chi connectivity index (χ2n) is 4.07. The summed E-state index contributed by atoms with van der Waals surface area (Å²) in [5.41, 5.74) is 0.339. The molecule has 108 valence electrons. The lowest BCUT2D eigenvalue weighted by molar-refractivity contribution is -0.131. The Bertz CT molecular complexity index is 714. The molecule has 0 fully saturated rings. The summed E-state index contributed by atoms with van der Waals surface area (Å²) in [5.74, 6) is -1.65. The van der Waals surface area contributed by atoms with Crippen LogP contribution < -0.4 is 4.74 Å². The summed E-state index contributed by atoms with van der Waals surface area (Å²) in [6, 6.07) is 7.62. The van der Waals surface area contributed by atoms with Gasteiger partial charge in [0.25, 0.3) is 0 Å². The van der Waals surface area contributed by atoms with Crippen LogP contribution in [0.25, 0.3) is 6.08 Å². The summed E-state index contributed by atoms with van der Waals surface area (Å²) in [6.45, 7) is 0. The molecule has 2 aromatic rings. The number of benzene rings is 2. The third-order valence-corrected chi connectivity index (χ3v) is 3.05. The number of carboxylic acids is 1. The molecule has 0 bridgehead atoms. The monoisotopic (exact) mass is 354 g/mol. The van der Waals surface area contributed by atoms with Gasteiger partial charge in [-0.25, -0.2) is 13.6 Å². The van der Waals surface area contributed by atoms with E-state index in [9.17, 15) is 13.6 Å². The molecule has 0 aromatic heterocycles. The van der Waals surface area contributed by atoms with E-state index in [4.69, 9.17) is 9.84 Å². The van der Waals surface area contributed by atoms with Gasteiger partial charge in [0.1, 0.15) is 23.1 Å². The Balaban J connectivity index is 2.29. The molecule has 2 aromatic carbocycles. The van der Waals surface area contributed by atoms with Crippen LogP contribution in [-0.2, 0) is 4.79 Å². The summed E-state index contributed by atoms with van der Waals surface area (Å²) < 4.78 is 32.3. The normalized spacial score (nSPS) is 10.8.